The van der Waals surface area contributed by atoms with Gasteiger partial charge in [-0.05, 0) is 65.7 Å². The van der Waals surface area contributed by atoms with Crippen molar-refractivity contribution in [3.05, 3.63) is 149 Å². The van der Waals surface area contributed by atoms with Gasteiger partial charge < -0.3 is 30.7 Å². The van der Waals surface area contributed by atoms with Crippen LogP contribution in [0.25, 0.3) is 16.9 Å². The first-order valence-corrected chi connectivity index (χ1v) is 18.0. The maximum atomic E-state index is 14.5. The van der Waals surface area contributed by atoms with Crippen LogP contribution in [-0.4, -0.2) is 70.8 Å². The van der Waals surface area contributed by atoms with Crippen LogP contribution in [0.15, 0.2) is 109 Å². The van der Waals surface area contributed by atoms with E-state index in [-0.39, 0.29) is 35.0 Å². The lowest BCUT2D eigenvalue weighted by molar-refractivity contribution is 0.0275. The lowest BCUT2D eigenvalue weighted by atomic mass is 10.1. The Morgan fingerprint density at radius 2 is 1.34 bits per heavy atom. The third-order valence-electron chi connectivity index (χ3n) is 9.20. The monoisotopic (exact) mass is 764 g/mol. The summed E-state index contributed by atoms with van der Waals surface area (Å²) in [6, 6.07) is 26.3. The highest BCUT2D eigenvalue weighted by molar-refractivity contribution is 6.04. The second kappa shape index (κ2) is 17.6. The van der Waals surface area contributed by atoms with Crippen molar-refractivity contribution >= 4 is 23.2 Å². The number of aromatic nitrogens is 4. The highest BCUT2D eigenvalue weighted by Gasteiger charge is 2.21. The summed E-state index contributed by atoms with van der Waals surface area (Å²) >= 11 is 0. The minimum absolute atomic E-state index is 0.0760. The predicted molar refractivity (Wildman–Crippen MR) is 204 cm³/mol. The quantitative estimate of drug-likeness (QED) is 0.144. The molecule has 0 aliphatic carbocycles. The molecule has 4 aromatic carbocycles. The number of benzene rings is 4. The van der Waals surface area contributed by atoms with Crippen molar-refractivity contribution in [1.29, 1.82) is 0 Å². The van der Waals surface area contributed by atoms with E-state index in [4.69, 9.17) is 9.47 Å². The van der Waals surface area contributed by atoms with Gasteiger partial charge in [-0.2, -0.15) is 10.2 Å². The van der Waals surface area contributed by atoms with Gasteiger partial charge in [0.1, 0.15) is 23.1 Å². The van der Waals surface area contributed by atoms with E-state index in [1.54, 1.807) is 43.4 Å². The largest absolute Gasteiger partial charge is 0.371 e. The molecule has 2 saturated heterocycles. The van der Waals surface area contributed by atoms with Crippen LogP contribution in [0.1, 0.15) is 44.2 Å². The number of halogens is 3. The Hall–Kier alpha value is -6.13. The Morgan fingerprint density at radius 3 is 1.89 bits per heavy atom. The first-order chi connectivity index (χ1) is 27.2. The van der Waals surface area contributed by atoms with Crippen molar-refractivity contribution in [2.24, 2.45) is 7.05 Å². The second-order valence-electron chi connectivity index (χ2n) is 13.1. The maximum Gasteiger partial charge on any atom is 0.274 e. The molecule has 6 aromatic rings. The van der Waals surface area contributed by atoms with Crippen molar-refractivity contribution in [3.63, 3.8) is 0 Å². The highest BCUT2D eigenvalue weighted by atomic mass is 19.1. The molecule has 2 aliphatic heterocycles. The normalized spacial score (nSPS) is 16.7. The van der Waals surface area contributed by atoms with Crippen LogP contribution in [0.2, 0.25) is 0 Å². The molecule has 0 unspecified atom stereocenters. The maximum absolute atomic E-state index is 14.5. The first kappa shape index (κ1) is 38.2. The van der Waals surface area contributed by atoms with Crippen LogP contribution in [-0.2, 0) is 16.5 Å². The van der Waals surface area contributed by atoms with Crippen molar-refractivity contribution in [1.82, 2.24) is 30.2 Å². The van der Waals surface area contributed by atoms with Crippen molar-refractivity contribution in [2.75, 3.05) is 50.0 Å². The summed E-state index contributed by atoms with van der Waals surface area (Å²) < 4.78 is 56.2. The number of amides is 2. The van der Waals surface area contributed by atoms with Crippen LogP contribution in [0.3, 0.4) is 0 Å². The van der Waals surface area contributed by atoms with Gasteiger partial charge in [-0.1, -0.05) is 42.5 Å². The van der Waals surface area contributed by atoms with Gasteiger partial charge in [-0.3, -0.25) is 14.3 Å². The predicted octanol–water partition coefficient (Wildman–Crippen LogP) is 6.20. The number of carbonyl (C=O) groups is 2. The zero-order valence-electron chi connectivity index (χ0n) is 30.3. The summed E-state index contributed by atoms with van der Waals surface area (Å²) in [6.45, 7) is 4.00. The molecule has 4 N–H and O–H groups in total. The molecule has 15 heteroatoms. The van der Waals surface area contributed by atoms with Crippen LogP contribution < -0.4 is 21.3 Å². The Bertz CT molecular complexity index is 2290. The smallest absolute Gasteiger partial charge is 0.274 e. The number of nitrogens with one attached hydrogen (secondary N) is 4. The number of rotatable bonds is 8. The molecular weight excluding hydrogens is 725 g/mol. The van der Waals surface area contributed by atoms with Gasteiger partial charge in [-0.25, -0.2) is 17.9 Å². The van der Waals surface area contributed by atoms with E-state index in [1.165, 1.54) is 52.1 Å². The molecule has 56 heavy (non-hydrogen) atoms. The minimum Gasteiger partial charge on any atom is -0.371 e. The van der Waals surface area contributed by atoms with Crippen molar-refractivity contribution < 1.29 is 32.2 Å². The van der Waals surface area contributed by atoms with E-state index in [2.05, 4.69) is 31.5 Å². The molecule has 0 spiro atoms. The molecule has 0 radical (unpaired) electrons. The average Bonchev–Trinajstić information content (AvgIpc) is 3.89. The number of hydrogen-bond acceptors (Lipinski definition) is 8. The Morgan fingerprint density at radius 1 is 0.750 bits per heavy atom. The molecule has 0 bridgehead atoms. The van der Waals surface area contributed by atoms with Crippen LogP contribution >= 0.6 is 0 Å². The Labute approximate surface area is 320 Å². The fraction of sp³-hybridized carbons (Fsp3) is 0.220. The number of nitrogens with zero attached hydrogens (tertiary/aromatic N) is 4. The van der Waals surface area contributed by atoms with Crippen molar-refractivity contribution in [3.8, 4) is 16.9 Å². The van der Waals surface area contributed by atoms with Crippen LogP contribution in [0.4, 0.5) is 24.5 Å². The molecule has 2 aliphatic rings. The number of morpholine rings is 2. The number of aryl methyl sites for hydroxylation is 1. The summed E-state index contributed by atoms with van der Waals surface area (Å²) in [5.74, 6) is -2.30. The van der Waals surface area contributed by atoms with Gasteiger partial charge in [0.25, 0.3) is 11.8 Å². The molecule has 2 fully saturated rings. The van der Waals surface area contributed by atoms with E-state index in [1.807, 2.05) is 30.3 Å². The fourth-order valence-corrected chi connectivity index (χ4v) is 6.21. The van der Waals surface area contributed by atoms with E-state index >= 15 is 0 Å². The lowest BCUT2D eigenvalue weighted by Gasteiger charge is -2.24. The molecule has 0 saturated carbocycles. The van der Waals surface area contributed by atoms with E-state index in [0.717, 1.165) is 24.2 Å². The standard InChI is InChI=1S/C21H21FN4O2.C20H18F2N4O2/c1-26-19(12-18(25-26)14-5-3-2-4-6-14)21(27)24-17-8-7-15(11-16(17)22)20-13-23-9-10-28-20;21-15-2-4-16(5-3-15)26-12-14(10-24-26)20(27)25-18-6-1-13(9-17(18)22)19-11-23-7-8-28-19/h2-8,11-12,20,23H,9-10,13H2,1H3,(H,24,27);1-6,9-10,12,19,23H,7-8,11H2,(H,25,27)/t20-;19-/m01/s1. The molecule has 12 nitrogen and oxygen atoms in total. The van der Waals surface area contributed by atoms with Gasteiger partial charge in [0, 0.05) is 45.0 Å². The molecule has 288 valence electrons. The molecule has 8 rings (SSSR count). The summed E-state index contributed by atoms with van der Waals surface area (Å²) in [7, 11) is 1.69. The summed E-state index contributed by atoms with van der Waals surface area (Å²) in [6.07, 6.45) is 2.48. The van der Waals surface area contributed by atoms with E-state index in [0.29, 0.717) is 48.9 Å². The molecule has 2 amide bonds. The number of carbonyl (C=O) groups excluding carboxylic acids is 2. The van der Waals surface area contributed by atoms with Gasteiger partial charge in [0.15, 0.2) is 0 Å². The Balaban J connectivity index is 0.000000172. The molecular formula is C41H39F3N8O4. The third kappa shape index (κ3) is 9.21. The Kier molecular flexibility index (Phi) is 12.0. The number of ether oxygens (including phenoxy) is 2. The highest BCUT2D eigenvalue weighted by Crippen LogP contribution is 2.26. The van der Waals surface area contributed by atoms with Gasteiger partial charge >= 0.3 is 0 Å². The van der Waals surface area contributed by atoms with Gasteiger partial charge in [-0.15, -0.1) is 0 Å². The summed E-state index contributed by atoms with van der Waals surface area (Å²) in [5.41, 5.74) is 4.47. The van der Waals surface area contributed by atoms with Gasteiger partial charge in [0.2, 0.25) is 0 Å². The van der Waals surface area contributed by atoms with Crippen molar-refractivity contribution in [2.45, 2.75) is 12.2 Å². The van der Waals surface area contributed by atoms with Crippen LogP contribution in [0, 0.1) is 17.5 Å². The zero-order chi connectivity index (χ0) is 39.0. The summed E-state index contributed by atoms with van der Waals surface area (Å²) in [5, 5.41) is 20.1. The zero-order valence-corrected chi connectivity index (χ0v) is 30.3. The lowest BCUT2D eigenvalue weighted by Crippen LogP contribution is -2.33. The second-order valence-corrected chi connectivity index (χ2v) is 13.1. The van der Waals surface area contributed by atoms with Gasteiger partial charge in [0.05, 0.1) is 59.9 Å². The topological polar surface area (TPSA) is 136 Å². The first-order valence-electron chi connectivity index (χ1n) is 18.0. The van der Waals surface area contributed by atoms with Crippen LogP contribution in [0.5, 0.6) is 0 Å². The number of hydrogen-bond donors (Lipinski definition) is 4. The number of anilines is 2. The third-order valence-corrected chi connectivity index (χ3v) is 9.20. The molecule has 4 heterocycles. The molecule has 2 aromatic heterocycles. The van der Waals surface area contributed by atoms with E-state index < -0.39 is 23.4 Å². The van der Waals surface area contributed by atoms with E-state index in [9.17, 15) is 22.8 Å². The fourth-order valence-electron chi connectivity index (χ4n) is 6.21. The SMILES string of the molecule is Cn1nc(-c2ccccc2)cc1C(=O)Nc1ccc([C@@H]2CNCCO2)cc1F.O=C(Nc1ccc([C@H]2CNCCO2)cc1F)c1cnn(-c2ccc(F)cc2)c1. The molecule has 2 atom stereocenters. The average molecular weight is 765 g/mol. The summed E-state index contributed by atoms with van der Waals surface area (Å²) in [4.78, 5) is 25.1. The minimum atomic E-state index is -0.536.